The summed E-state index contributed by atoms with van der Waals surface area (Å²) in [6.45, 7) is 9.31. The molecule has 1 atom stereocenters. The number of aryl methyl sites for hydroxylation is 3. The van der Waals surface area contributed by atoms with E-state index in [9.17, 15) is 4.79 Å². The average molecular weight is 336 g/mol. The summed E-state index contributed by atoms with van der Waals surface area (Å²) in [6.07, 6.45) is -0.212. The maximum Gasteiger partial charge on any atom is 0.269 e. The molecule has 1 unspecified atom stereocenters. The molecule has 124 valence electrons. The lowest BCUT2D eigenvalue weighted by molar-refractivity contribution is -0.127. The number of carbonyl (C=O) groups excluding carboxylic acids is 1. The number of carbonyl (C=O) groups is 1. The summed E-state index contributed by atoms with van der Waals surface area (Å²) in [4.78, 5) is 22.9. The molecule has 2 aromatic heterocycles. The first kappa shape index (κ1) is 17.1. The van der Waals surface area contributed by atoms with Gasteiger partial charge in [0.15, 0.2) is 5.82 Å². The molecule has 2 heterocycles. The zero-order chi connectivity index (χ0) is 17.0. The smallest absolute Gasteiger partial charge is 0.269 e. The fourth-order valence-corrected chi connectivity index (χ4v) is 2.85. The van der Waals surface area contributed by atoms with Gasteiger partial charge in [0.25, 0.3) is 5.91 Å². The van der Waals surface area contributed by atoms with E-state index in [2.05, 4.69) is 20.6 Å². The lowest BCUT2D eigenvalue weighted by Crippen LogP contribution is -2.29. The van der Waals surface area contributed by atoms with E-state index in [1.54, 1.807) is 24.3 Å². The summed E-state index contributed by atoms with van der Waals surface area (Å²) >= 11 is 1.55. The normalized spacial score (nSPS) is 13.0. The number of hydrogen-bond donors (Lipinski definition) is 1. The third-order valence-corrected chi connectivity index (χ3v) is 4.27. The van der Waals surface area contributed by atoms with Crippen molar-refractivity contribution in [1.82, 2.24) is 10.1 Å². The standard InChI is InChI=1S/C15H20N4O3S/c1-6-12(15(20)17-13-7-8(2)21-19-13)22-18-10(4)14-9(3)16-11(5)23-14/h7,12H,6H2,1-5H3,(H,17,19,20)/b18-10+. The Morgan fingerprint density at radius 1 is 1.48 bits per heavy atom. The second kappa shape index (κ2) is 7.36. The van der Waals surface area contributed by atoms with Crippen molar-refractivity contribution in [3.05, 3.63) is 27.4 Å². The van der Waals surface area contributed by atoms with Gasteiger partial charge in [0.05, 0.1) is 21.3 Å². The van der Waals surface area contributed by atoms with E-state index in [4.69, 9.17) is 9.36 Å². The van der Waals surface area contributed by atoms with E-state index in [1.165, 1.54) is 0 Å². The van der Waals surface area contributed by atoms with Crippen LogP contribution in [0.4, 0.5) is 5.82 Å². The summed E-state index contributed by atoms with van der Waals surface area (Å²) in [5.41, 5.74) is 1.62. The van der Waals surface area contributed by atoms with Crippen molar-refractivity contribution in [2.75, 3.05) is 5.32 Å². The van der Waals surface area contributed by atoms with Crippen LogP contribution in [0.15, 0.2) is 15.7 Å². The highest BCUT2D eigenvalue weighted by Gasteiger charge is 2.20. The van der Waals surface area contributed by atoms with Crippen LogP contribution in [-0.4, -0.2) is 27.9 Å². The Kier molecular flexibility index (Phi) is 5.49. The summed E-state index contributed by atoms with van der Waals surface area (Å²) < 4.78 is 4.91. The van der Waals surface area contributed by atoms with Gasteiger partial charge in [-0.3, -0.25) is 4.79 Å². The first-order valence-electron chi connectivity index (χ1n) is 7.29. The highest BCUT2D eigenvalue weighted by atomic mass is 32.1. The van der Waals surface area contributed by atoms with Crippen molar-refractivity contribution in [3.63, 3.8) is 0 Å². The van der Waals surface area contributed by atoms with Crippen LogP contribution in [0, 0.1) is 20.8 Å². The van der Waals surface area contributed by atoms with Crippen molar-refractivity contribution in [2.24, 2.45) is 5.16 Å². The Labute approximate surface area is 138 Å². The van der Waals surface area contributed by atoms with Gasteiger partial charge in [-0.15, -0.1) is 11.3 Å². The van der Waals surface area contributed by atoms with Crippen LogP contribution in [-0.2, 0) is 9.63 Å². The molecule has 0 aromatic carbocycles. The lowest BCUT2D eigenvalue weighted by atomic mass is 10.2. The molecule has 1 amide bonds. The number of nitrogens with zero attached hydrogens (tertiary/aromatic N) is 3. The predicted octanol–water partition coefficient (Wildman–Crippen LogP) is 3.21. The molecule has 0 aliphatic rings. The first-order chi connectivity index (χ1) is 10.9. The molecule has 0 radical (unpaired) electrons. The number of amides is 1. The van der Waals surface area contributed by atoms with Gasteiger partial charge in [0, 0.05) is 6.07 Å². The van der Waals surface area contributed by atoms with Gasteiger partial charge in [-0.2, -0.15) is 0 Å². The molecule has 0 bridgehead atoms. The van der Waals surface area contributed by atoms with Gasteiger partial charge in [-0.25, -0.2) is 4.98 Å². The molecule has 1 N–H and O–H groups in total. The number of rotatable bonds is 6. The van der Waals surface area contributed by atoms with Crippen molar-refractivity contribution >= 4 is 28.8 Å². The highest BCUT2D eigenvalue weighted by Crippen LogP contribution is 2.18. The zero-order valence-electron chi connectivity index (χ0n) is 13.8. The number of oxime groups is 1. The third-order valence-electron chi connectivity index (χ3n) is 3.09. The van der Waals surface area contributed by atoms with E-state index in [0.29, 0.717) is 23.7 Å². The maximum atomic E-state index is 12.2. The molecule has 0 fully saturated rings. The van der Waals surface area contributed by atoms with Gasteiger partial charge >= 0.3 is 0 Å². The summed E-state index contributed by atoms with van der Waals surface area (Å²) in [5, 5.41) is 11.4. The van der Waals surface area contributed by atoms with Crippen molar-refractivity contribution in [3.8, 4) is 0 Å². The topological polar surface area (TPSA) is 89.6 Å². The quantitative estimate of drug-likeness (QED) is 0.646. The molecular weight excluding hydrogens is 316 g/mol. The Morgan fingerprint density at radius 2 is 2.22 bits per heavy atom. The second-order valence-corrected chi connectivity index (χ2v) is 6.34. The first-order valence-corrected chi connectivity index (χ1v) is 8.11. The van der Waals surface area contributed by atoms with Gasteiger partial charge in [-0.05, 0) is 34.1 Å². The number of thiazole rings is 1. The highest BCUT2D eigenvalue weighted by molar-refractivity contribution is 7.13. The molecule has 0 aliphatic carbocycles. The number of anilines is 1. The minimum Gasteiger partial charge on any atom is -0.382 e. The monoisotopic (exact) mass is 336 g/mol. The molecule has 0 aliphatic heterocycles. The molecule has 2 rings (SSSR count). The molecular formula is C15H20N4O3S. The van der Waals surface area contributed by atoms with E-state index in [1.807, 2.05) is 27.7 Å². The summed E-state index contributed by atoms with van der Waals surface area (Å²) in [5.74, 6) is 0.679. The number of hydrogen-bond acceptors (Lipinski definition) is 7. The Balaban J connectivity index is 2.02. The summed E-state index contributed by atoms with van der Waals surface area (Å²) in [7, 11) is 0. The Hall–Kier alpha value is -2.22. The zero-order valence-corrected chi connectivity index (χ0v) is 14.7. The van der Waals surface area contributed by atoms with Crippen molar-refractivity contribution in [2.45, 2.75) is 47.1 Å². The lowest BCUT2D eigenvalue weighted by Gasteiger charge is -2.12. The number of aromatic nitrogens is 2. The van der Waals surface area contributed by atoms with Gasteiger partial charge in [-0.1, -0.05) is 17.2 Å². The third kappa shape index (κ3) is 4.38. The Morgan fingerprint density at radius 3 is 2.74 bits per heavy atom. The maximum absolute atomic E-state index is 12.2. The largest absolute Gasteiger partial charge is 0.382 e. The van der Waals surface area contributed by atoms with Crippen LogP contribution in [0.2, 0.25) is 0 Å². The molecule has 0 spiro atoms. The van der Waals surface area contributed by atoms with Crippen molar-refractivity contribution in [1.29, 1.82) is 0 Å². The van der Waals surface area contributed by atoms with Gasteiger partial charge in [0.2, 0.25) is 6.10 Å². The minimum absolute atomic E-state index is 0.311. The van der Waals surface area contributed by atoms with E-state index < -0.39 is 6.10 Å². The molecule has 8 heteroatoms. The molecule has 0 saturated heterocycles. The molecule has 7 nitrogen and oxygen atoms in total. The van der Waals surface area contributed by atoms with E-state index in [-0.39, 0.29) is 5.91 Å². The second-order valence-electron chi connectivity index (χ2n) is 5.14. The Bertz CT molecular complexity index is 720. The molecule has 23 heavy (non-hydrogen) atoms. The van der Waals surface area contributed by atoms with Crippen LogP contribution in [0.3, 0.4) is 0 Å². The van der Waals surface area contributed by atoms with Crippen LogP contribution in [0.25, 0.3) is 0 Å². The van der Waals surface area contributed by atoms with Crippen LogP contribution < -0.4 is 5.32 Å². The molecule has 0 saturated carbocycles. The predicted molar refractivity (Wildman–Crippen MR) is 88.8 cm³/mol. The fraction of sp³-hybridized carbons (Fsp3) is 0.467. The van der Waals surface area contributed by atoms with E-state index >= 15 is 0 Å². The van der Waals surface area contributed by atoms with Crippen LogP contribution in [0.5, 0.6) is 0 Å². The fourth-order valence-electron chi connectivity index (χ4n) is 1.99. The van der Waals surface area contributed by atoms with Crippen LogP contribution >= 0.6 is 11.3 Å². The summed E-state index contributed by atoms with van der Waals surface area (Å²) in [6, 6.07) is 1.64. The molecule has 2 aromatic rings. The van der Waals surface area contributed by atoms with Crippen LogP contribution in [0.1, 0.15) is 41.6 Å². The number of nitrogens with one attached hydrogen (secondary N) is 1. The van der Waals surface area contributed by atoms with Gasteiger partial charge in [0.1, 0.15) is 5.76 Å². The SMILES string of the molecule is CCC(O/N=C(\C)c1sc(C)nc1C)C(=O)Nc1cc(C)on1. The van der Waals surface area contributed by atoms with Crippen molar-refractivity contribution < 1.29 is 14.2 Å². The van der Waals surface area contributed by atoms with Gasteiger partial charge < -0.3 is 14.7 Å². The minimum atomic E-state index is -0.698. The average Bonchev–Trinajstić information content (AvgIpc) is 3.04. The van der Waals surface area contributed by atoms with E-state index in [0.717, 1.165) is 15.6 Å².